The van der Waals surface area contributed by atoms with E-state index in [1.807, 2.05) is 21.9 Å². The average molecular weight is 529 g/mol. The Labute approximate surface area is 226 Å². The van der Waals surface area contributed by atoms with Crippen LogP contribution in [0.4, 0.5) is 0 Å². The fourth-order valence-electron chi connectivity index (χ4n) is 6.44. The molecule has 2 amide bonds. The van der Waals surface area contributed by atoms with Crippen molar-refractivity contribution in [1.29, 1.82) is 0 Å². The zero-order valence-electron chi connectivity index (χ0n) is 23.2. The minimum Gasteiger partial charge on any atom is -0.493 e. The molecule has 1 unspecified atom stereocenters. The van der Waals surface area contributed by atoms with Crippen molar-refractivity contribution in [3.63, 3.8) is 0 Å². The van der Waals surface area contributed by atoms with Crippen LogP contribution in [0.1, 0.15) is 63.5 Å². The fourth-order valence-corrected chi connectivity index (χ4v) is 6.44. The number of rotatable bonds is 12. The third-order valence-electron chi connectivity index (χ3n) is 8.34. The molecule has 3 aliphatic rings. The van der Waals surface area contributed by atoms with Crippen LogP contribution in [0.5, 0.6) is 5.75 Å². The van der Waals surface area contributed by atoms with Gasteiger partial charge in [-0.25, -0.2) is 0 Å². The number of ether oxygens (including phenoxy) is 1. The van der Waals surface area contributed by atoms with E-state index in [2.05, 4.69) is 31.7 Å². The number of amides is 2. The lowest BCUT2D eigenvalue weighted by Gasteiger charge is -2.31. The van der Waals surface area contributed by atoms with E-state index in [-0.39, 0.29) is 35.7 Å². The zero-order valence-corrected chi connectivity index (χ0v) is 23.2. The normalized spacial score (nSPS) is 24.5. The number of nitrogens with two attached hydrogens (primary N) is 1. The molecule has 3 heterocycles. The summed E-state index contributed by atoms with van der Waals surface area (Å²) in [5.74, 6) is -0.811. The maximum Gasteiger partial charge on any atom is 0.308 e. The Morgan fingerprint density at radius 2 is 2.05 bits per heavy atom. The lowest BCUT2D eigenvalue weighted by molar-refractivity contribution is -0.144. The van der Waals surface area contributed by atoms with Gasteiger partial charge in [0.1, 0.15) is 5.75 Å². The van der Waals surface area contributed by atoms with Crippen molar-refractivity contribution >= 4 is 17.8 Å². The molecule has 2 fully saturated rings. The Balaban J connectivity index is 1.58. The Morgan fingerprint density at radius 3 is 2.71 bits per heavy atom. The molecule has 0 bridgehead atoms. The highest BCUT2D eigenvalue weighted by atomic mass is 16.5. The first-order valence-corrected chi connectivity index (χ1v) is 14.1. The minimum absolute atomic E-state index is 0.0144. The van der Waals surface area contributed by atoms with Crippen LogP contribution in [0.25, 0.3) is 0 Å². The van der Waals surface area contributed by atoms with Crippen LogP contribution in [0.3, 0.4) is 0 Å². The van der Waals surface area contributed by atoms with Gasteiger partial charge in [-0.15, -0.1) is 0 Å². The van der Waals surface area contributed by atoms with Gasteiger partial charge in [0.05, 0.1) is 19.1 Å². The molecule has 0 spiro atoms. The van der Waals surface area contributed by atoms with Crippen molar-refractivity contribution in [1.82, 2.24) is 14.7 Å². The Morgan fingerprint density at radius 1 is 1.26 bits per heavy atom. The molecule has 3 aliphatic heterocycles. The number of unbranched alkanes of at least 4 members (excludes halogenated alkanes) is 1. The zero-order chi connectivity index (χ0) is 27.4. The van der Waals surface area contributed by atoms with Gasteiger partial charge in [-0.05, 0) is 35.4 Å². The summed E-state index contributed by atoms with van der Waals surface area (Å²) < 4.78 is 5.66. The fraction of sp³-hybridized carbons (Fsp3) is 0.690. The maximum atomic E-state index is 13.4. The first kappa shape index (κ1) is 28.4. The van der Waals surface area contributed by atoms with Crippen LogP contribution in [-0.2, 0) is 20.8 Å². The third kappa shape index (κ3) is 6.31. The van der Waals surface area contributed by atoms with Crippen LogP contribution in [0.2, 0.25) is 0 Å². The van der Waals surface area contributed by atoms with E-state index in [1.165, 1.54) is 0 Å². The monoisotopic (exact) mass is 528 g/mol. The standard InChI is InChI=1S/C29H44N4O5/c1-4-5-11-31(13-10-30)26(35)18-33-17-22(20-6-7-24-21(15-20)9-14-38-24)27(28(36)37)23(33)8-12-32-19-29(2,3)16-25(32)34/h6-7,15,22-23,27H,4-5,8-14,16-19,30H2,1-3H3,(H,36,37)/t22-,23+,27?/m1/s1. The number of carbonyl (C=O) groups is 3. The molecule has 1 aromatic carbocycles. The molecule has 4 rings (SSSR count). The SMILES string of the molecule is CCCCN(CCN)C(=O)CN1C[C@H](c2ccc3c(c2)CCO3)C(C(=O)O)[C@@H]1CCN1CC(C)(C)CC1=O. The number of aliphatic carboxylic acids is 1. The largest absolute Gasteiger partial charge is 0.493 e. The van der Waals surface area contributed by atoms with Crippen LogP contribution in [0.15, 0.2) is 18.2 Å². The van der Waals surface area contributed by atoms with E-state index in [0.29, 0.717) is 58.7 Å². The van der Waals surface area contributed by atoms with Gasteiger partial charge in [0.25, 0.3) is 0 Å². The average Bonchev–Trinajstić information content (AvgIpc) is 3.54. The molecular formula is C29H44N4O5. The van der Waals surface area contributed by atoms with Gasteiger partial charge in [-0.3, -0.25) is 19.3 Å². The number of hydrogen-bond acceptors (Lipinski definition) is 6. The summed E-state index contributed by atoms with van der Waals surface area (Å²) in [6.45, 7) is 10.2. The van der Waals surface area contributed by atoms with Crippen LogP contribution >= 0.6 is 0 Å². The first-order valence-electron chi connectivity index (χ1n) is 14.1. The van der Waals surface area contributed by atoms with Crippen molar-refractivity contribution < 1.29 is 24.2 Å². The van der Waals surface area contributed by atoms with E-state index in [0.717, 1.165) is 36.1 Å². The van der Waals surface area contributed by atoms with Gasteiger partial charge >= 0.3 is 5.97 Å². The molecule has 0 radical (unpaired) electrons. The van der Waals surface area contributed by atoms with Crippen molar-refractivity contribution in [2.75, 3.05) is 52.4 Å². The molecular weight excluding hydrogens is 484 g/mol. The second kappa shape index (κ2) is 12.0. The number of carboxylic acid groups (broad SMARTS) is 1. The second-order valence-electron chi connectivity index (χ2n) is 11.9. The topological polar surface area (TPSA) is 116 Å². The number of carboxylic acids is 1. The third-order valence-corrected chi connectivity index (χ3v) is 8.34. The number of likely N-dealkylation sites (tertiary alicyclic amines) is 2. The van der Waals surface area contributed by atoms with Crippen LogP contribution in [-0.4, -0.2) is 96.1 Å². The molecule has 38 heavy (non-hydrogen) atoms. The summed E-state index contributed by atoms with van der Waals surface area (Å²) in [6, 6.07) is 5.65. The smallest absolute Gasteiger partial charge is 0.308 e. The van der Waals surface area contributed by atoms with Gasteiger partial charge < -0.3 is 25.4 Å². The Bertz CT molecular complexity index is 1030. The summed E-state index contributed by atoms with van der Waals surface area (Å²) in [6.07, 6.45) is 3.72. The number of hydrogen-bond donors (Lipinski definition) is 2. The molecule has 2 saturated heterocycles. The molecule has 1 aromatic rings. The summed E-state index contributed by atoms with van der Waals surface area (Å²) in [4.78, 5) is 44.5. The second-order valence-corrected chi connectivity index (χ2v) is 11.9. The lowest BCUT2D eigenvalue weighted by Crippen LogP contribution is -2.46. The number of fused-ring (bicyclic) bond motifs is 1. The van der Waals surface area contributed by atoms with Crippen LogP contribution in [0, 0.1) is 11.3 Å². The van der Waals surface area contributed by atoms with Gasteiger partial charge in [0, 0.05) is 64.1 Å². The Hall–Kier alpha value is -2.65. The van der Waals surface area contributed by atoms with Gasteiger partial charge in [0.2, 0.25) is 11.8 Å². The van der Waals surface area contributed by atoms with Gasteiger partial charge in [0.15, 0.2) is 0 Å². The Kier molecular flexibility index (Phi) is 8.98. The predicted molar refractivity (Wildman–Crippen MR) is 145 cm³/mol. The summed E-state index contributed by atoms with van der Waals surface area (Å²) in [7, 11) is 0. The van der Waals surface area contributed by atoms with E-state index in [4.69, 9.17) is 10.5 Å². The first-order chi connectivity index (χ1) is 18.1. The molecule has 0 saturated carbocycles. The summed E-state index contributed by atoms with van der Waals surface area (Å²) in [5, 5.41) is 10.5. The van der Waals surface area contributed by atoms with E-state index in [1.54, 1.807) is 0 Å². The molecule has 3 N–H and O–H groups in total. The summed E-state index contributed by atoms with van der Waals surface area (Å²) >= 11 is 0. The van der Waals surface area contributed by atoms with E-state index >= 15 is 0 Å². The highest BCUT2D eigenvalue weighted by Gasteiger charge is 2.48. The van der Waals surface area contributed by atoms with Gasteiger partial charge in [-0.2, -0.15) is 0 Å². The molecule has 210 valence electrons. The van der Waals surface area contributed by atoms with Crippen molar-refractivity contribution in [3.05, 3.63) is 29.3 Å². The van der Waals surface area contributed by atoms with Gasteiger partial charge in [-0.1, -0.05) is 39.3 Å². The maximum absolute atomic E-state index is 13.4. The predicted octanol–water partition coefficient (Wildman–Crippen LogP) is 2.33. The molecule has 9 heteroatoms. The van der Waals surface area contributed by atoms with E-state index < -0.39 is 11.9 Å². The summed E-state index contributed by atoms with van der Waals surface area (Å²) in [5.41, 5.74) is 7.80. The molecule has 9 nitrogen and oxygen atoms in total. The molecule has 0 aliphatic carbocycles. The minimum atomic E-state index is -0.857. The number of nitrogens with zero attached hydrogens (tertiary/aromatic N) is 3. The number of benzene rings is 1. The van der Waals surface area contributed by atoms with Crippen LogP contribution < -0.4 is 10.5 Å². The molecule has 3 atom stereocenters. The highest BCUT2D eigenvalue weighted by molar-refractivity contribution is 5.80. The highest BCUT2D eigenvalue weighted by Crippen LogP contribution is 2.41. The van der Waals surface area contributed by atoms with Crippen molar-refractivity contribution in [2.24, 2.45) is 17.1 Å². The molecule has 0 aromatic heterocycles. The lowest BCUT2D eigenvalue weighted by atomic mass is 9.83. The number of carbonyl (C=O) groups excluding carboxylic acids is 2. The van der Waals surface area contributed by atoms with Crippen molar-refractivity contribution in [2.45, 2.75) is 64.8 Å². The van der Waals surface area contributed by atoms with E-state index in [9.17, 15) is 19.5 Å². The quantitative estimate of drug-likeness (QED) is 0.428. The van der Waals surface area contributed by atoms with Crippen molar-refractivity contribution in [3.8, 4) is 5.75 Å².